The number of Topliss-reactive ketones (excluding diaryl/α,β-unsaturated/α-hetero) is 1. The minimum Gasteiger partial charge on any atom is -0.347 e. The third kappa shape index (κ3) is 3.32. The van der Waals surface area contributed by atoms with Crippen molar-refractivity contribution in [2.75, 3.05) is 0 Å². The number of carbonyl (C=O) groups excluding carboxylic acids is 2. The molecule has 0 fully saturated rings. The Morgan fingerprint density at radius 2 is 2.20 bits per heavy atom. The highest BCUT2D eigenvalue weighted by molar-refractivity contribution is 7.18. The molecule has 1 heterocycles. The van der Waals surface area contributed by atoms with Crippen LogP contribution in [0.5, 0.6) is 0 Å². The van der Waals surface area contributed by atoms with Crippen molar-refractivity contribution in [1.29, 1.82) is 0 Å². The number of rotatable bonds is 4. The molecular formula is C10H12ClNO2S. The SMILES string of the molecule is CCC(C)NC(=O)C(=O)c1ccc(Cl)s1. The predicted octanol–water partition coefficient (Wildman–Crippen LogP) is 2.50. The van der Waals surface area contributed by atoms with E-state index < -0.39 is 11.7 Å². The molecule has 15 heavy (non-hydrogen) atoms. The first-order chi connectivity index (χ1) is 7.04. The maximum Gasteiger partial charge on any atom is 0.293 e. The molecule has 3 nitrogen and oxygen atoms in total. The topological polar surface area (TPSA) is 46.2 Å². The molecule has 0 aliphatic carbocycles. The second-order valence-electron chi connectivity index (χ2n) is 3.22. The monoisotopic (exact) mass is 245 g/mol. The van der Waals surface area contributed by atoms with Crippen LogP contribution in [-0.4, -0.2) is 17.7 Å². The second-order valence-corrected chi connectivity index (χ2v) is 4.93. The summed E-state index contributed by atoms with van der Waals surface area (Å²) in [5.74, 6) is -1.09. The summed E-state index contributed by atoms with van der Waals surface area (Å²) in [6.45, 7) is 3.80. The van der Waals surface area contributed by atoms with E-state index in [0.29, 0.717) is 9.21 Å². The quantitative estimate of drug-likeness (QED) is 0.655. The average molecular weight is 246 g/mol. The molecule has 1 aromatic heterocycles. The summed E-state index contributed by atoms with van der Waals surface area (Å²) in [5, 5.41) is 2.61. The van der Waals surface area contributed by atoms with Gasteiger partial charge in [-0.2, -0.15) is 0 Å². The smallest absolute Gasteiger partial charge is 0.293 e. The standard InChI is InChI=1S/C10H12ClNO2S/c1-3-6(2)12-10(14)9(13)7-4-5-8(11)15-7/h4-6H,3H2,1-2H3,(H,12,14). The van der Waals surface area contributed by atoms with E-state index in [1.54, 1.807) is 12.1 Å². The highest BCUT2D eigenvalue weighted by Crippen LogP contribution is 2.21. The summed E-state index contributed by atoms with van der Waals surface area (Å²) in [5.41, 5.74) is 0. The predicted molar refractivity (Wildman–Crippen MR) is 61.6 cm³/mol. The molecule has 1 N–H and O–H groups in total. The first-order valence-corrected chi connectivity index (χ1v) is 5.84. The van der Waals surface area contributed by atoms with Gasteiger partial charge in [0.05, 0.1) is 9.21 Å². The van der Waals surface area contributed by atoms with Crippen LogP contribution in [0.1, 0.15) is 29.9 Å². The molecule has 0 saturated heterocycles. The molecule has 1 amide bonds. The summed E-state index contributed by atoms with van der Waals surface area (Å²) in [6, 6.07) is 3.18. The van der Waals surface area contributed by atoms with Crippen molar-refractivity contribution in [3.8, 4) is 0 Å². The van der Waals surface area contributed by atoms with Crippen molar-refractivity contribution in [1.82, 2.24) is 5.32 Å². The lowest BCUT2D eigenvalue weighted by atomic mass is 10.2. The zero-order chi connectivity index (χ0) is 11.4. The summed E-state index contributed by atoms with van der Waals surface area (Å²) < 4.78 is 0.509. The third-order valence-electron chi connectivity index (χ3n) is 1.99. The summed E-state index contributed by atoms with van der Waals surface area (Å²) >= 11 is 6.79. The minimum atomic E-state index is -0.567. The number of amides is 1. The molecule has 0 spiro atoms. The van der Waals surface area contributed by atoms with Crippen LogP contribution >= 0.6 is 22.9 Å². The van der Waals surface area contributed by atoms with E-state index in [2.05, 4.69) is 5.32 Å². The fraction of sp³-hybridized carbons (Fsp3) is 0.400. The molecule has 5 heteroatoms. The molecule has 0 aliphatic rings. The van der Waals surface area contributed by atoms with Crippen molar-refractivity contribution < 1.29 is 9.59 Å². The molecule has 1 unspecified atom stereocenters. The van der Waals surface area contributed by atoms with Gasteiger partial charge in [-0.25, -0.2) is 0 Å². The third-order valence-corrected chi connectivity index (χ3v) is 3.22. The van der Waals surface area contributed by atoms with E-state index in [9.17, 15) is 9.59 Å². The van der Waals surface area contributed by atoms with E-state index in [4.69, 9.17) is 11.6 Å². The lowest BCUT2D eigenvalue weighted by Crippen LogP contribution is -2.36. The maximum atomic E-state index is 11.5. The molecular weight excluding hydrogens is 234 g/mol. The van der Waals surface area contributed by atoms with Crippen LogP contribution in [0.2, 0.25) is 4.34 Å². The van der Waals surface area contributed by atoms with Crippen LogP contribution in [0.25, 0.3) is 0 Å². The molecule has 1 aromatic rings. The van der Waals surface area contributed by atoms with E-state index in [1.165, 1.54) is 0 Å². The Labute approximate surface area is 97.4 Å². The van der Waals surface area contributed by atoms with Gasteiger partial charge in [-0.1, -0.05) is 18.5 Å². The van der Waals surface area contributed by atoms with Gasteiger partial charge in [0.15, 0.2) is 0 Å². The Bertz CT molecular complexity index is 375. The van der Waals surface area contributed by atoms with E-state index in [1.807, 2.05) is 13.8 Å². The second kappa shape index (κ2) is 5.28. The Kier molecular flexibility index (Phi) is 4.29. The maximum absolute atomic E-state index is 11.5. The van der Waals surface area contributed by atoms with E-state index >= 15 is 0 Å². The van der Waals surface area contributed by atoms with Crippen LogP contribution in [0.4, 0.5) is 0 Å². The molecule has 0 aromatic carbocycles. The summed E-state index contributed by atoms with van der Waals surface area (Å²) in [7, 11) is 0. The van der Waals surface area contributed by atoms with Gasteiger partial charge in [-0.15, -0.1) is 11.3 Å². The van der Waals surface area contributed by atoms with Gasteiger partial charge >= 0.3 is 0 Å². The minimum absolute atomic E-state index is 0.0110. The average Bonchev–Trinajstić information content (AvgIpc) is 2.63. The van der Waals surface area contributed by atoms with Gasteiger partial charge in [0.2, 0.25) is 0 Å². The van der Waals surface area contributed by atoms with Crippen molar-refractivity contribution in [3.63, 3.8) is 0 Å². The first-order valence-electron chi connectivity index (χ1n) is 4.65. The van der Waals surface area contributed by atoms with E-state index in [0.717, 1.165) is 17.8 Å². The number of hydrogen-bond acceptors (Lipinski definition) is 3. The summed E-state index contributed by atoms with van der Waals surface area (Å²) in [6.07, 6.45) is 0.796. The fourth-order valence-electron chi connectivity index (χ4n) is 0.940. The molecule has 82 valence electrons. The van der Waals surface area contributed by atoms with Crippen LogP contribution in [0.15, 0.2) is 12.1 Å². The Morgan fingerprint density at radius 1 is 1.53 bits per heavy atom. The highest BCUT2D eigenvalue weighted by atomic mass is 35.5. The number of thiophene rings is 1. The van der Waals surface area contributed by atoms with Gasteiger partial charge < -0.3 is 5.32 Å². The molecule has 1 rings (SSSR count). The van der Waals surface area contributed by atoms with Crippen molar-refractivity contribution in [2.24, 2.45) is 0 Å². The van der Waals surface area contributed by atoms with Gasteiger partial charge in [-0.3, -0.25) is 9.59 Å². The van der Waals surface area contributed by atoms with Crippen LogP contribution < -0.4 is 5.32 Å². The number of carbonyl (C=O) groups is 2. The molecule has 0 bridgehead atoms. The number of halogens is 1. The van der Waals surface area contributed by atoms with Crippen molar-refractivity contribution >= 4 is 34.6 Å². The van der Waals surface area contributed by atoms with Crippen LogP contribution in [0, 0.1) is 0 Å². The first kappa shape index (κ1) is 12.2. The Hall–Kier alpha value is -0.870. The molecule has 0 aliphatic heterocycles. The van der Waals surface area contributed by atoms with E-state index in [-0.39, 0.29) is 6.04 Å². The Morgan fingerprint density at radius 3 is 2.67 bits per heavy atom. The van der Waals surface area contributed by atoms with Gasteiger partial charge in [0.1, 0.15) is 0 Å². The lowest BCUT2D eigenvalue weighted by molar-refractivity contribution is -0.117. The zero-order valence-corrected chi connectivity index (χ0v) is 10.1. The van der Waals surface area contributed by atoms with Gasteiger partial charge in [-0.05, 0) is 25.5 Å². The van der Waals surface area contributed by atoms with Crippen LogP contribution in [0.3, 0.4) is 0 Å². The molecule has 0 saturated carbocycles. The van der Waals surface area contributed by atoms with Gasteiger partial charge in [0, 0.05) is 6.04 Å². The Balaban J connectivity index is 2.65. The number of hydrogen-bond donors (Lipinski definition) is 1. The molecule has 0 radical (unpaired) electrons. The summed E-state index contributed by atoms with van der Waals surface area (Å²) in [4.78, 5) is 23.3. The van der Waals surface area contributed by atoms with Crippen LogP contribution in [-0.2, 0) is 4.79 Å². The zero-order valence-electron chi connectivity index (χ0n) is 8.54. The van der Waals surface area contributed by atoms with Gasteiger partial charge in [0.25, 0.3) is 11.7 Å². The fourth-order valence-corrected chi connectivity index (χ4v) is 1.92. The largest absolute Gasteiger partial charge is 0.347 e. The number of nitrogens with one attached hydrogen (secondary N) is 1. The lowest BCUT2D eigenvalue weighted by Gasteiger charge is -2.09. The van der Waals surface area contributed by atoms with Crippen molar-refractivity contribution in [3.05, 3.63) is 21.3 Å². The van der Waals surface area contributed by atoms with Crippen molar-refractivity contribution in [2.45, 2.75) is 26.3 Å². The number of ketones is 1. The highest BCUT2D eigenvalue weighted by Gasteiger charge is 2.18. The normalized spacial score (nSPS) is 12.2. The molecule has 1 atom stereocenters.